The van der Waals surface area contributed by atoms with E-state index in [9.17, 15) is 19.7 Å². The second-order valence-corrected chi connectivity index (χ2v) is 5.92. The first-order valence-electron chi connectivity index (χ1n) is 7.77. The Labute approximate surface area is 144 Å². The number of benzene rings is 2. The smallest absolute Gasteiger partial charge is 0.316 e. The van der Waals surface area contributed by atoms with Gasteiger partial charge >= 0.3 is 5.97 Å². The van der Waals surface area contributed by atoms with Crippen molar-refractivity contribution in [3.05, 3.63) is 64.2 Å². The summed E-state index contributed by atoms with van der Waals surface area (Å²) in [5.41, 5.74) is 1.71. The van der Waals surface area contributed by atoms with E-state index >= 15 is 0 Å². The van der Waals surface area contributed by atoms with Gasteiger partial charge < -0.3 is 9.64 Å². The summed E-state index contributed by atoms with van der Waals surface area (Å²) >= 11 is 0. The molecule has 0 aliphatic carbocycles. The van der Waals surface area contributed by atoms with E-state index in [1.165, 1.54) is 24.3 Å². The standard InChI is InChI=1S/C18H16N2O5/c1-12-3-2-4-15(9-12)19-11-13(10-17(19)21)18(22)25-16-7-5-14(6-8-16)20(23)24/h2-9,13H,10-11H2,1H3/t13-/m0/s1. The molecule has 0 saturated carbocycles. The summed E-state index contributed by atoms with van der Waals surface area (Å²) < 4.78 is 5.25. The molecule has 1 aliphatic rings. The van der Waals surface area contributed by atoms with Crippen LogP contribution in [0.1, 0.15) is 12.0 Å². The third kappa shape index (κ3) is 3.65. The fourth-order valence-electron chi connectivity index (χ4n) is 2.75. The molecule has 128 valence electrons. The van der Waals surface area contributed by atoms with Crippen molar-refractivity contribution >= 4 is 23.3 Å². The van der Waals surface area contributed by atoms with E-state index in [1.54, 1.807) is 4.90 Å². The molecule has 7 heteroatoms. The van der Waals surface area contributed by atoms with Gasteiger partial charge in [-0.3, -0.25) is 19.7 Å². The molecule has 1 heterocycles. The number of nitro groups is 1. The minimum atomic E-state index is -0.566. The van der Waals surface area contributed by atoms with Crippen LogP contribution in [0, 0.1) is 23.0 Å². The molecule has 0 N–H and O–H groups in total. The number of amides is 1. The lowest BCUT2D eigenvalue weighted by Gasteiger charge is -2.17. The van der Waals surface area contributed by atoms with Crippen molar-refractivity contribution in [1.29, 1.82) is 0 Å². The van der Waals surface area contributed by atoms with Crippen molar-refractivity contribution in [2.45, 2.75) is 13.3 Å². The normalized spacial score (nSPS) is 16.8. The van der Waals surface area contributed by atoms with Crippen molar-refractivity contribution in [3.8, 4) is 5.75 Å². The van der Waals surface area contributed by atoms with Gasteiger partial charge in [0.2, 0.25) is 5.91 Å². The molecule has 2 aromatic rings. The first-order chi connectivity index (χ1) is 11.9. The molecule has 0 unspecified atom stereocenters. The van der Waals surface area contributed by atoms with Crippen LogP contribution < -0.4 is 9.64 Å². The van der Waals surface area contributed by atoms with Crippen molar-refractivity contribution in [1.82, 2.24) is 0 Å². The molecule has 1 fully saturated rings. The molecule has 7 nitrogen and oxygen atoms in total. The van der Waals surface area contributed by atoms with Crippen LogP contribution in [0.25, 0.3) is 0 Å². The van der Waals surface area contributed by atoms with Crippen LogP contribution >= 0.6 is 0 Å². The monoisotopic (exact) mass is 340 g/mol. The molecule has 0 spiro atoms. The Morgan fingerprint density at radius 3 is 2.60 bits per heavy atom. The zero-order valence-electron chi connectivity index (χ0n) is 13.5. The van der Waals surface area contributed by atoms with E-state index in [1.807, 2.05) is 31.2 Å². The maximum atomic E-state index is 12.3. The van der Waals surface area contributed by atoms with Gasteiger partial charge in [0.1, 0.15) is 5.75 Å². The number of hydrogen-bond acceptors (Lipinski definition) is 5. The number of nitrogens with zero attached hydrogens (tertiary/aromatic N) is 2. The van der Waals surface area contributed by atoms with Gasteiger partial charge in [-0.2, -0.15) is 0 Å². The van der Waals surface area contributed by atoms with E-state index in [0.717, 1.165) is 11.3 Å². The second kappa shape index (κ2) is 6.72. The molecule has 1 amide bonds. The maximum Gasteiger partial charge on any atom is 0.316 e. The summed E-state index contributed by atoms with van der Waals surface area (Å²) in [6.45, 7) is 2.19. The van der Waals surface area contributed by atoms with Crippen molar-refractivity contribution < 1.29 is 19.2 Å². The average Bonchev–Trinajstić information content (AvgIpc) is 2.97. The summed E-state index contributed by atoms with van der Waals surface area (Å²) in [7, 11) is 0. The van der Waals surface area contributed by atoms with Gasteiger partial charge in [-0.15, -0.1) is 0 Å². The van der Waals surface area contributed by atoms with E-state index in [2.05, 4.69) is 0 Å². The summed E-state index contributed by atoms with van der Waals surface area (Å²) in [4.78, 5) is 36.2. The number of ether oxygens (including phenoxy) is 1. The van der Waals surface area contributed by atoms with Gasteiger partial charge in [0.15, 0.2) is 0 Å². The Morgan fingerprint density at radius 1 is 1.24 bits per heavy atom. The highest BCUT2D eigenvalue weighted by molar-refractivity contribution is 5.99. The van der Waals surface area contributed by atoms with Crippen molar-refractivity contribution in [3.63, 3.8) is 0 Å². The molecule has 0 radical (unpaired) electrons. The summed E-state index contributed by atoms with van der Waals surface area (Å²) in [5, 5.41) is 10.6. The predicted octanol–water partition coefficient (Wildman–Crippen LogP) is 2.86. The Kier molecular flexibility index (Phi) is 4.47. The molecular formula is C18H16N2O5. The number of rotatable bonds is 4. The van der Waals surface area contributed by atoms with E-state index in [-0.39, 0.29) is 30.3 Å². The predicted molar refractivity (Wildman–Crippen MR) is 90.4 cm³/mol. The molecule has 1 aliphatic heterocycles. The number of non-ortho nitro benzene ring substituents is 1. The van der Waals surface area contributed by atoms with E-state index < -0.39 is 16.8 Å². The Morgan fingerprint density at radius 2 is 1.96 bits per heavy atom. The largest absolute Gasteiger partial charge is 0.426 e. The Hall–Kier alpha value is -3.22. The minimum absolute atomic E-state index is 0.0820. The van der Waals surface area contributed by atoms with Crippen LogP contribution in [0.3, 0.4) is 0 Å². The van der Waals surface area contributed by atoms with Crippen LogP contribution in [-0.4, -0.2) is 23.3 Å². The topological polar surface area (TPSA) is 89.8 Å². The number of esters is 1. The number of anilines is 1. The number of aryl methyl sites for hydroxylation is 1. The lowest BCUT2D eigenvalue weighted by atomic mass is 10.1. The highest BCUT2D eigenvalue weighted by Gasteiger charge is 2.36. The van der Waals surface area contributed by atoms with Gasteiger partial charge in [0.05, 0.1) is 10.8 Å². The van der Waals surface area contributed by atoms with Crippen LogP contribution in [0.15, 0.2) is 48.5 Å². The molecule has 1 atom stereocenters. The summed E-state index contributed by atoms with van der Waals surface area (Å²) in [5.74, 6) is -0.992. The van der Waals surface area contributed by atoms with Gasteiger partial charge in [0.25, 0.3) is 5.69 Å². The Bertz CT molecular complexity index is 832. The number of carbonyl (C=O) groups excluding carboxylic acids is 2. The van der Waals surface area contributed by atoms with Gasteiger partial charge in [-0.25, -0.2) is 0 Å². The van der Waals surface area contributed by atoms with Crippen LogP contribution in [0.4, 0.5) is 11.4 Å². The maximum absolute atomic E-state index is 12.3. The highest BCUT2D eigenvalue weighted by Crippen LogP contribution is 2.27. The second-order valence-electron chi connectivity index (χ2n) is 5.92. The number of carbonyl (C=O) groups is 2. The van der Waals surface area contributed by atoms with Gasteiger partial charge in [0, 0.05) is 30.8 Å². The number of hydrogen-bond donors (Lipinski definition) is 0. The number of nitro benzene ring substituents is 1. The average molecular weight is 340 g/mol. The molecule has 25 heavy (non-hydrogen) atoms. The zero-order valence-corrected chi connectivity index (χ0v) is 13.5. The van der Waals surface area contributed by atoms with Gasteiger partial charge in [-0.1, -0.05) is 12.1 Å². The third-order valence-electron chi connectivity index (χ3n) is 4.04. The molecule has 0 aromatic heterocycles. The minimum Gasteiger partial charge on any atom is -0.426 e. The quantitative estimate of drug-likeness (QED) is 0.369. The summed E-state index contributed by atoms with van der Waals surface area (Å²) in [6.07, 6.45) is 0.0831. The van der Waals surface area contributed by atoms with E-state index in [4.69, 9.17) is 4.74 Å². The SMILES string of the molecule is Cc1cccc(N2C[C@@H](C(=O)Oc3ccc([N+](=O)[O-])cc3)CC2=O)c1. The first kappa shape index (κ1) is 16.6. The van der Waals surface area contributed by atoms with E-state index in [0.29, 0.717) is 0 Å². The third-order valence-corrected chi connectivity index (χ3v) is 4.04. The molecular weight excluding hydrogens is 324 g/mol. The Balaban J connectivity index is 1.67. The van der Waals surface area contributed by atoms with Crippen molar-refractivity contribution in [2.75, 3.05) is 11.4 Å². The van der Waals surface area contributed by atoms with Crippen LogP contribution in [-0.2, 0) is 9.59 Å². The first-order valence-corrected chi connectivity index (χ1v) is 7.77. The summed E-state index contributed by atoms with van der Waals surface area (Å²) in [6, 6.07) is 12.8. The highest BCUT2D eigenvalue weighted by atomic mass is 16.6. The molecule has 2 aromatic carbocycles. The van der Waals surface area contributed by atoms with Crippen LogP contribution in [0.5, 0.6) is 5.75 Å². The lowest BCUT2D eigenvalue weighted by molar-refractivity contribution is -0.384. The molecule has 0 bridgehead atoms. The zero-order chi connectivity index (χ0) is 18.0. The lowest BCUT2D eigenvalue weighted by Crippen LogP contribution is -2.27. The molecule has 3 rings (SSSR count). The van der Waals surface area contributed by atoms with Gasteiger partial charge in [-0.05, 0) is 36.8 Å². The van der Waals surface area contributed by atoms with Crippen LogP contribution in [0.2, 0.25) is 0 Å². The fraction of sp³-hybridized carbons (Fsp3) is 0.222. The molecule has 1 saturated heterocycles. The van der Waals surface area contributed by atoms with Crippen molar-refractivity contribution in [2.24, 2.45) is 5.92 Å². The fourth-order valence-corrected chi connectivity index (χ4v) is 2.75.